The molecular formula is C9H12N6S2. The summed E-state index contributed by atoms with van der Waals surface area (Å²) in [5, 5.41) is 12.8. The first-order chi connectivity index (χ1) is 8.19. The van der Waals surface area contributed by atoms with Crippen LogP contribution < -0.4 is 10.2 Å². The number of hydrogen-bond acceptors (Lipinski definition) is 8. The predicted octanol–water partition coefficient (Wildman–Crippen LogP) is 1.59. The van der Waals surface area contributed by atoms with Crippen LogP contribution in [0.5, 0.6) is 0 Å². The zero-order valence-corrected chi connectivity index (χ0v) is 11.3. The fourth-order valence-corrected chi connectivity index (χ4v) is 2.70. The monoisotopic (exact) mass is 268 g/mol. The van der Waals surface area contributed by atoms with Crippen molar-refractivity contribution in [2.24, 2.45) is 0 Å². The van der Waals surface area contributed by atoms with Crippen LogP contribution in [0.25, 0.3) is 0 Å². The molecule has 0 saturated heterocycles. The second kappa shape index (κ2) is 5.28. The van der Waals surface area contributed by atoms with Gasteiger partial charge in [0.05, 0.1) is 0 Å². The van der Waals surface area contributed by atoms with E-state index in [9.17, 15) is 0 Å². The van der Waals surface area contributed by atoms with Gasteiger partial charge in [-0.3, -0.25) is 0 Å². The second-order valence-corrected chi connectivity index (χ2v) is 5.54. The van der Waals surface area contributed by atoms with Gasteiger partial charge >= 0.3 is 0 Å². The Morgan fingerprint density at radius 3 is 2.82 bits per heavy atom. The average molecular weight is 268 g/mol. The smallest absolute Gasteiger partial charge is 0.223 e. The van der Waals surface area contributed by atoms with Crippen LogP contribution in [-0.4, -0.2) is 41.3 Å². The van der Waals surface area contributed by atoms with Crippen molar-refractivity contribution in [2.45, 2.75) is 9.37 Å². The molecule has 0 spiro atoms. The zero-order chi connectivity index (χ0) is 12.3. The molecule has 0 aromatic carbocycles. The maximum absolute atomic E-state index is 4.31. The minimum atomic E-state index is 0.604. The van der Waals surface area contributed by atoms with Crippen LogP contribution in [0.3, 0.4) is 0 Å². The Labute approximate surface area is 108 Å². The van der Waals surface area contributed by atoms with E-state index in [0.717, 1.165) is 14.5 Å². The van der Waals surface area contributed by atoms with E-state index < -0.39 is 0 Å². The van der Waals surface area contributed by atoms with Crippen LogP contribution in [0.2, 0.25) is 0 Å². The Morgan fingerprint density at radius 1 is 1.35 bits per heavy atom. The van der Waals surface area contributed by atoms with Crippen molar-refractivity contribution in [3.63, 3.8) is 0 Å². The molecular weight excluding hydrogens is 256 g/mol. The van der Waals surface area contributed by atoms with E-state index >= 15 is 0 Å². The number of hydrogen-bond donors (Lipinski definition) is 1. The van der Waals surface area contributed by atoms with Crippen molar-refractivity contribution >= 4 is 34.2 Å². The van der Waals surface area contributed by atoms with Crippen molar-refractivity contribution in [3.05, 3.63) is 12.3 Å². The highest BCUT2D eigenvalue weighted by Crippen LogP contribution is 2.31. The van der Waals surface area contributed by atoms with Crippen LogP contribution >= 0.6 is 23.1 Å². The van der Waals surface area contributed by atoms with Gasteiger partial charge in [-0.05, 0) is 17.8 Å². The van der Waals surface area contributed by atoms with Crippen LogP contribution in [0.15, 0.2) is 21.6 Å². The first kappa shape index (κ1) is 12.1. The van der Waals surface area contributed by atoms with Gasteiger partial charge in [0, 0.05) is 27.3 Å². The zero-order valence-electron chi connectivity index (χ0n) is 9.71. The van der Waals surface area contributed by atoms with Gasteiger partial charge < -0.3 is 10.2 Å². The van der Waals surface area contributed by atoms with Gasteiger partial charge in [0.2, 0.25) is 11.1 Å². The van der Waals surface area contributed by atoms with Crippen molar-refractivity contribution in [2.75, 3.05) is 31.4 Å². The molecule has 0 fully saturated rings. The Kier molecular flexibility index (Phi) is 3.75. The quantitative estimate of drug-likeness (QED) is 0.844. The molecule has 0 aliphatic carbocycles. The molecule has 0 atom stereocenters. The molecule has 0 aliphatic heterocycles. The van der Waals surface area contributed by atoms with Gasteiger partial charge in [-0.1, -0.05) is 11.3 Å². The number of rotatable bonds is 4. The third-order valence-electron chi connectivity index (χ3n) is 1.82. The van der Waals surface area contributed by atoms with E-state index in [1.807, 2.05) is 25.1 Å². The minimum absolute atomic E-state index is 0.604. The number of nitrogens with zero attached hydrogens (tertiary/aromatic N) is 5. The molecule has 2 aromatic rings. The van der Waals surface area contributed by atoms with E-state index in [4.69, 9.17) is 0 Å². The van der Waals surface area contributed by atoms with Crippen molar-refractivity contribution in [1.29, 1.82) is 0 Å². The van der Waals surface area contributed by atoms with Gasteiger partial charge in [0.1, 0.15) is 5.03 Å². The molecule has 0 unspecified atom stereocenters. The lowest BCUT2D eigenvalue weighted by atomic mass is 10.7. The molecule has 2 rings (SSSR count). The van der Waals surface area contributed by atoms with Crippen LogP contribution in [0.4, 0.5) is 11.1 Å². The molecule has 2 heterocycles. The van der Waals surface area contributed by atoms with Crippen molar-refractivity contribution in [3.8, 4) is 0 Å². The molecule has 6 nitrogen and oxygen atoms in total. The molecule has 0 amide bonds. The van der Waals surface area contributed by atoms with Crippen molar-refractivity contribution in [1.82, 2.24) is 20.2 Å². The number of aromatic nitrogens is 4. The third kappa shape index (κ3) is 3.04. The molecule has 0 bridgehead atoms. The average Bonchev–Trinajstić information content (AvgIpc) is 2.78. The molecule has 8 heteroatoms. The topological polar surface area (TPSA) is 66.8 Å². The molecule has 1 N–H and O–H groups in total. The maximum Gasteiger partial charge on any atom is 0.223 e. The highest BCUT2D eigenvalue weighted by molar-refractivity contribution is 8.01. The maximum atomic E-state index is 4.31. The number of nitrogens with one attached hydrogen (secondary N) is 1. The first-order valence-electron chi connectivity index (χ1n) is 4.88. The summed E-state index contributed by atoms with van der Waals surface area (Å²) in [6.07, 6.45) is 1.72. The SMILES string of the molecule is CNc1nccc(Sc2nnc(N(C)C)s2)n1. The normalized spacial score (nSPS) is 10.3. The molecule has 0 saturated carbocycles. The largest absolute Gasteiger partial charge is 0.357 e. The van der Waals surface area contributed by atoms with E-state index in [1.54, 1.807) is 13.2 Å². The van der Waals surface area contributed by atoms with E-state index in [1.165, 1.54) is 23.1 Å². The molecule has 0 radical (unpaired) electrons. The predicted molar refractivity (Wildman–Crippen MR) is 69.9 cm³/mol. The van der Waals surface area contributed by atoms with Crippen LogP contribution in [0, 0.1) is 0 Å². The van der Waals surface area contributed by atoms with Crippen molar-refractivity contribution < 1.29 is 0 Å². The van der Waals surface area contributed by atoms with Gasteiger partial charge in [-0.25, -0.2) is 9.97 Å². The summed E-state index contributed by atoms with van der Waals surface area (Å²) in [6.45, 7) is 0. The third-order valence-corrected chi connectivity index (χ3v) is 3.90. The summed E-state index contributed by atoms with van der Waals surface area (Å²) in [7, 11) is 5.68. The minimum Gasteiger partial charge on any atom is -0.357 e. The van der Waals surface area contributed by atoms with Gasteiger partial charge in [0.25, 0.3) is 0 Å². The Bertz CT molecular complexity index is 498. The summed E-state index contributed by atoms with van der Waals surface area (Å²) in [4.78, 5) is 10.3. The number of anilines is 2. The Morgan fingerprint density at radius 2 is 2.18 bits per heavy atom. The van der Waals surface area contributed by atoms with Gasteiger partial charge in [0.15, 0.2) is 4.34 Å². The molecule has 17 heavy (non-hydrogen) atoms. The van der Waals surface area contributed by atoms with Gasteiger partial charge in [-0.15, -0.1) is 10.2 Å². The Hall–Kier alpha value is -1.41. The van der Waals surface area contributed by atoms with E-state index in [2.05, 4.69) is 25.5 Å². The highest BCUT2D eigenvalue weighted by Gasteiger charge is 2.08. The summed E-state index contributed by atoms with van der Waals surface area (Å²) < 4.78 is 0.870. The molecule has 90 valence electrons. The fourth-order valence-electron chi connectivity index (χ4n) is 1.03. The fraction of sp³-hybridized carbons (Fsp3) is 0.333. The Balaban J connectivity index is 2.13. The molecule has 2 aromatic heterocycles. The summed E-state index contributed by atoms with van der Waals surface area (Å²) >= 11 is 3.02. The lowest BCUT2D eigenvalue weighted by Gasteiger charge is -2.03. The van der Waals surface area contributed by atoms with E-state index in [0.29, 0.717) is 5.95 Å². The first-order valence-corrected chi connectivity index (χ1v) is 6.52. The summed E-state index contributed by atoms with van der Waals surface area (Å²) in [5.74, 6) is 0.604. The lowest BCUT2D eigenvalue weighted by Crippen LogP contribution is -2.07. The summed E-state index contributed by atoms with van der Waals surface area (Å²) in [6, 6.07) is 1.85. The standard InChI is InChI=1S/C9H12N6S2/c1-10-7-11-5-4-6(12-7)16-9-14-13-8(17-9)15(2)3/h4-5H,1-3H3,(H,10,11,12). The molecule has 0 aliphatic rings. The van der Waals surface area contributed by atoms with Crippen LogP contribution in [0.1, 0.15) is 0 Å². The summed E-state index contributed by atoms with van der Waals surface area (Å²) in [5.41, 5.74) is 0. The van der Waals surface area contributed by atoms with Crippen LogP contribution in [-0.2, 0) is 0 Å². The van der Waals surface area contributed by atoms with Gasteiger partial charge in [-0.2, -0.15) is 0 Å². The lowest BCUT2D eigenvalue weighted by molar-refractivity contribution is 0.968. The van der Waals surface area contributed by atoms with E-state index in [-0.39, 0.29) is 0 Å². The highest BCUT2D eigenvalue weighted by atomic mass is 32.2. The second-order valence-electron chi connectivity index (χ2n) is 3.32.